The fourth-order valence-corrected chi connectivity index (χ4v) is 2.01. The fraction of sp³-hybridized carbons (Fsp3) is 0.400. The average Bonchev–Trinajstić information content (AvgIpc) is 2.96. The number of hydrogen-bond acceptors (Lipinski definition) is 5. The first-order valence-corrected chi connectivity index (χ1v) is 7.35. The Morgan fingerprint density at radius 1 is 1.38 bits per heavy atom. The number of ether oxygens (including phenoxy) is 1. The van der Waals surface area contributed by atoms with Crippen molar-refractivity contribution in [2.24, 2.45) is 12.0 Å². The summed E-state index contributed by atoms with van der Waals surface area (Å²) < 4.78 is 6.80. The van der Waals surface area contributed by atoms with Crippen molar-refractivity contribution in [1.82, 2.24) is 25.4 Å². The number of benzene rings is 1. The number of phenolic OH excluding ortho intramolecular Hbond substituents is 1. The lowest BCUT2D eigenvalue weighted by atomic mass is 10.2. The van der Waals surface area contributed by atoms with E-state index in [1.54, 1.807) is 10.7 Å². The highest BCUT2D eigenvalue weighted by Gasteiger charge is 2.07. The lowest BCUT2D eigenvalue weighted by molar-refractivity contribution is 0.370. The summed E-state index contributed by atoms with van der Waals surface area (Å²) in [5.41, 5.74) is 0.695. The van der Waals surface area contributed by atoms with Crippen LogP contribution in [0.25, 0.3) is 0 Å². The molecule has 1 aromatic carbocycles. The van der Waals surface area contributed by atoms with Crippen molar-refractivity contribution < 1.29 is 9.84 Å². The maximum atomic E-state index is 10.1. The van der Waals surface area contributed by atoms with Gasteiger partial charge in [-0.1, -0.05) is 12.1 Å². The van der Waals surface area contributed by atoms with E-state index in [0.29, 0.717) is 30.4 Å². The van der Waals surface area contributed by atoms with Gasteiger partial charge in [-0.05, 0) is 13.0 Å². The first-order chi connectivity index (χ1) is 11.2. The van der Waals surface area contributed by atoms with Gasteiger partial charge in [0.1, 0.15) is 12.2 Å². The first kappa shape index (κ1) is 20.0. The number of hydrogen-bond donors (Lipinski definition) is 3. The number of methoxy groups -OCH3 is 1. The van der Waals surface area contributed by atoms with Crippen LogP contribution in [0.5, 0.6) is 11.5 Å². The number of guanidine groups is 1. The summed E-state index contributed by atoms with van der Waals surface area (Å²) in [6, 6.07) is 5.34. The molecular weight excluding hydrogens is 423 g/mol. The molecule has 0 aliphatic carbocycles. The van der Waals surface area contributed by atoms with E-state index in [9.17, 15) is 5.11 Å². The van der Waals surface area contributed by atoms with Crippen LogP contribution in [0.3, 0.4) is 0 Å². The molecule has 2 aromatic rings. The van der Waals surface area contributed by atoms with E-state index in [1.165, 1.54) is 13.4 Å². The molecule has 1 heterocycles. The Morgan fingerprint density at radius 3 is 2.79 bits per heavy atom. The predicted octanol–water partition coefficient (Wildman–Crippen LogP) is 1.40. The van der Waals surface area contributed by atoms with E-state index in [2.05, 4.69) is 25.7 Å². The number of phenols is 1. The minimum atomic E-state index is 0. The van der Waals surface area contributed by atoms with Crippen molar-refractivity contribution in [3.05, 3.63) is 35.9 Å². The number of halogens is 1. The second-order valence-electron chi connectivity index (χ2n) is 4.82. The molecule has 24 heavy (non-hydrogen) atoms. The summed E-state index contributed by atoms with van der Waals surface area (Å²) in [7, 11) is 3.36. The van der Waals surface area contributed by atoms with Gasteiger partial charge in [-0.15, -0.1) is 24.0 Å². The number of rotatable bonds is 6. The Hall–Kier alpha value is -2.04. The van der Waals surface area contributed by atoms with Crippen LogP contribution < -0.4 is 15.4 Å². The second kappa shape index (κ2) is 9.96. The van der Waals surface area contributed by atoms with Gasteiger partial charge in [0.05, 0.1) is 20.2 Å². The molecule has 3 N–H and O–H groups in total. The molecule has 0 bridgehead atoms. The molecule has 9 heteroatoms. The fourth-order valence-electron chi connectivity index (χ4n) is 2.01. The summed E-state index contributed by atoms with van der Waals surface area (Å²) in [4.78, 5) is 8.62. The zero-order valence-electron chi connectivity index (χ0n) is 14.0. The first-order valence-electron chi connectivity index (χ1n) is 7.35. The van der Waals surface area contributed by atoms with Gasteiger partial charge in [0.25, 0.3) is 0 Å². The second-order valence-corrected chi connectivity index (χ2v) is 4.82. The molecule has 0 unspecified atom stereocenters. The monoisotopic (exact) mass is 446 g/mol. The smallest absolute Gasteiger partial charge is 0.191 e. The maximum Gasteiger partial charge on any atom is 0.191 e. The molecule has 0 saturated carbocycles. The minimum absolute atomic E-state index is 0. The summed E-state index contributed by atoms with van der Waals surface area (Å²) in [5, 5.41) is 20.5. The summed E-state index contributed by atoms with van der Waals surface area (Å²) in [6.07, 6.45) is 1.51. The molecule has 8 nitrogen and oxygen atoms in total. The standard InChI is InChI=1S/C15H22N6O2.HI/c1-4-16-15(18-9-13-19-10-20-21(13)2)17-8-11-6-5-7-12(23-3)14(11)22;/h5-7,10,22H,4,8-9H2,1-3H3,(H2,16,17,18);1H. The van der Waals surface area contributed by atoms with Crippen molar-refractivity contribution in [2.75, 3.05) is 13.7 Å². The third kappa shape index (κ3) is 5.25. The summed E-state index contributed by atoms with van der Waals surface area (Å²) >= 11 is 0. The molecular formula is C15H23IN6O2. The molecule has 0 atom stereocenters. The number of aromatic nitrogens is 3. The molecule has 0 fully saturated rings. The normalized spacial score (nSPS) is 10.9. The van der Waals surface area contributed by atoms with Crippen molar-refractivity contribution in [2.45, 2.75) is 20.0 Å². The van der Waals surface area contributed by atoms with E-state index < -0.39 is 0 Å². The van der Waals surface area contributed by atoms with Crippen molar-refractivity contribution in [3.63, 3.8) is 0 Å². The molecule has 1 aromatic heterocycles. The van der Waals surface area contributed by atoms with Gasteiger partial charge < -0.3 is 20.5 Å². The van der Waals surface area contributed by atoms with Gasteiger partial charge in [0.2, 0.25) is 0 Å². The quantitative estimate of drug-likeness (QED) is 0.353. The largest absolute Gasteiger partial charge is 0.504 e. The van der Waals surface area contributed by atoms with Crippen molar-refractivity contribution in [3.8, 4) is 11.5 Å². The zero-order chi connectivity index (χ0) is 16.7. The SMILES string of the molecule is CCNC(=NCc1cccc(OC)c1O)NCc1ncnn1C.I. The Morgan fingerprint density at radius 2 is 2.17 bits per heavy atom. The van der Waals surface area contributed by atoms with Crippen LogP contribution in [-0.2, 0) is 20.1 Å². The van der Waals surface area contributed by atoms with Gasteiger partial charge in [0.15, 0.2) is 17.5 Å². The third-order valence-corrected chi connectivity index (χ3v) is 3.27. The molecule has 0 aliphatic rings. The van der Waals surface area contributed by atoms with E-state index in [4.69, 9.17) is 4.74 Å². The summed E-state index contributed by atoms with van der Waals surface area (Å²) in [5.74, 6) is 2.00. The maximum absolute atomic E-state index is 10.1. The van der Waals surface area contributed by atoms with Crippen molar-refractivity contribution in [1.29, 1.82) is 0 Å². The van der Waals surface area contributed by atoms with Gasteiger partial charge in [-0.2, -0.15) is 5.10 Å². The Bertz CT molecular complexity index is 674. The minimum Gasteiger partial charge on any atom is -0.504 e. The van der Waals surface area contributed by atoms with Gasteiger partial charge in [-0.3, -0.25) is 4.68 Å². The molecule has 2 rings (SSSR count). The van der Waals surface area contributed by atoms with E-state index in [-0.39, 0.29) is 29.7 Å². The lowest BCUT2D eigenvalue weighted by Gasteiger charge is -2.12. The molecule has 0 radical (unpaired) electrons. The van der Waals surface area contributed by atoms with E-state index in [0.717, 1.165) is 12.4 Å². The summed E-state index contributed by atoms with van der Waals surface area (Å²) in [6.45, 7) is 3.56. The Balaban J connectivity index is 0.00000288. The lowest BCUT2D eigenvalue weighted by Crippen LogP contribution is -2.37. The van der Waals surface area contributed by atoms with E-state index >= 15 is 0 Å². The highest BCUT2D eigenvalue weighted by atomic mass is 127. The van der Waals surface area contributed by atoms with Gasteiger partial charge >= 0.3 is 0 Å². The number of nitrogens with one attached hydrogen (secondary N) is 2. The highest BCUT2D eigenvalue weighted by Crippen LogP contribution is 2.29. The van der Waals surface area contributed by atoms with Gasteiger partial charge in [0, 0.05) is 19.2 Å². The predicted molar refractivity (Wildman–Crippen MR) is 103 cm³/mol. The average molecular weight is 446 g/mol. The van der Waals surface area contributed by atoms with Crippen LogP contribution in [0.4, 0.5) is 0 Å². The van der Waals surface area contributed by atoms with Crippen LogP contribution in [0, 0.1) is 0 Å². The van der Waals surface area contributed by atoms with Crippen LogP contribution >= 0.6 is 24.0 Å². The molecule has 132 valence electrons. The number of nitrogens with zero attached hydrogens (tertiary/aromatic N) is 4. The highest BCUT2D eigenvalue weighted by molar-refractivity contribution is 14.0. The number of aryl methyl sites for hydroxylation is 1. The third-order valence-electron chi connectivity index (χ3n) is 3.27. The van der Waals surface area contributed by atoms with Crippen LogP contribution in [0.2, 0.25) is 0 Å². The van der Waals surface area contributed by atoms with Crippen LogP contribution in [0.1, 0.15) is 18.3 Å². The Labute approximate surface area is 158 Å². The van der Waals surface area contributed by atoms with Crippen LogP contribution in [-0.4, -0.2) is 39.5 Å². The van der Waals surface area contributed by atoms with E-state index in [1.807, 2.05) is 26.1 Å². The topological polar surface area (TPSA) is 96.6 Å². The number of para-hydroxylation sites is 1. The number of aromatic hydroxyl groups is 1. The Kier molecular flexibility index (Phi) is 8.30. The van der Waals surface area contributed by atoms with Crippen LogP contribution in [0.15, 0.2) is 29.5 Å². The van der Waals surface area contributed by atoms with Crippen molar-refractivity contribution >= 4 is 29.9 Å². The van der Waals surface area contributed by atoms with Gasteiger partial charge in [-0.25, -0.2) is 9.98 Å². The molecule has 0 saturated heterocycles. The molecule has 0 aliphatic heterocycles. The zero-order valence-corrected chi connectivity index (χ0v) is 16.3. The molecule has 0 amide bonds. The number of aliphatic imine (C=N–C) groups is 1. The molecule has 0 spiro atoms.